The number of hydrogen-bond acceptors (Lipinski definition) is 3. The van der Waals surface area contributed by atoms with Crippen molar-refractivity contribution in [3.63, 3.8) is 0 Å². The van der Waals surface area contributed by atoms with Gasteiger partial charge in [-0.25, -0.2) is 0 Å². The third-order valence-corrected chi connectivity index (χ3v) is 4.24. The highest BCUT2D eigenvalue weighted by Crippen LogP contribution is 2.24. The van der Waals surface area contributed by atoms with Crippen LogP contribution in [-0.2, 0) is 4.79 Å². The Hall–Kier alpha value is -1.26. The smallest absolute Gasteiger partial charge is 0.225 e. The van der Waals surface area contributed by atoms with Gasteiger partial charge in [-0.05, 0) is 30.0 Å². The Bertz CT molecular complexity index is 482. The quantitative estimate of drug-likeness (QED) is 0.840. The van der Waals surface area contributed by atoms with Crippen molar-refractivity contribution in [3.8, 4) is 0 Å². The van der Waals surface area contributed by atoms with Gasteiger partial charge in [0.25, 0.3) is 0 Å². The molecule has 1 aromatic rings. The summed E-state index contributed by atoms with van der Waals surface area (Å²) in [6, 6.07) is 5.08. The molecule has 0 aromatic heterocycles. The monoisotopic (exact) mass is 295 g/mol. The molecule has 4 nitrogen and oxygen atoms in total. The molecule has 2 rings (SSSR count). The van der Waals surface area contributed by atoms with Gasteiger partial charge in [0.05, 0.1) is 11.4 Å². The van der Waals surface area contributed by atoms with Gasteiger partial charge in [0, 0.05) is 31.1 Å². The number of likely N-dealkylation sites (tertiary alicyclic amines) is 1. The molecule has 0 spiro atoms. The molecule has 1 fully saturated rings. The number of carbonyl (C=O) groups is 1. The minimum atomic E-state index is -0.0221. The van der Waals surface area contributed by atoms with Gasteiger partial charge in [-0.15, -0.1) is 0 Å². The van der Waals surface area contributed by atoms with Crippen molar-refractivity contribution in [2.45, 2.75) is 20.3 Å². The van der Waals surface area contributed by atoms with Crippen molar-refractivity contribution in [2.24, 2.45) is 11.8 Å². The van der Waals surface area contributed by atoms with Gasteiger partial charge in [-0.3, -0.25) is 4.79 Å². The average molecular weight is 296 g/mol. The summed E-state index contributed by atoms with van der Waals surface area (Å²) in [6.45, 7) is 7.47. The van der Waals surface area contributed by atoms with E-state index in [2.05, 4.69) is 24.1 Å². The Morgan fingerprint density at radius 2 is 2.05 bits per heavy atom. The van der Waals surface area contributed by atoms with E-state index in [1.807, 2.05) is 0 Å². The summed E-state index contributed by atoms with van der Waals surface area (Å²) in [5.41, 5.74) is 6.93. The molecule has 1 amide bonds. The summed E-state index contributed by atoms with van der Waals surface area (Å²) in [6.07, 6.45) is 0.478. The van der Waals surface area contributed by atoms with E-state index in [1.54, 1.807) is 18.2 Å². The second-order valence-corrected chi connectivity index (χ2v) is 6.18. The second-order valence-electron chi connectivity index (χ2n) is 5.74. The van der Waals surface area contributed by atoms with E-state index in [-0.39, 0.29) is 5.91 Å². The molecule has 1 heterocycles. The summed E-state index contributed by atoms with van der Waals surface area (Å²) >= 11 is 5.90. The summed E-state index contributed by atoms with van der Waals surface area (Å²) < 4.78 is 0. The summed E-state index contributed by atoms with van der Waals surface area (Å²) in [5, 5.41) is 3.39. The van der Waals surface area contributed by atoms with Crippen molar-refractivity contribution in [3.05, 3.63) is 23.2 Å². The van der Waals surface area contributed by atoms with Crippen molar-refractivity contribution in [2.75, 3.05) is 30.7 Å². The van der Waals surface area contributed by atoms with Crippen molar-refractivity contribution in [1.82, 2.24) is 4.90 Å². The largest absolute Gasteiger partial charge is 0.397 e. The molecule has 2 atom stereocenters. The van der Waals surface area contributed by atoms with Gasteiger partial charge in [0.1, 0.15) is 0 Å². The molecule has 1 aliphatic rings. The second kappa shape index (κ2) is 6.46. The summed E-state index contributed by atoms with van der Waals surface area (Å²) in [7, 11) is 0. The fourth-order valence-corrected chi connectivity index (χ4v) is 2.71. The van der Waals surface area contributed by atoms with Gasteiger partial charge in [-0.2, -0.15) is 0 Å². The maximum Gasteiger partial charge on any atom is 0.225 e. The van der Waals surface area contributed by atoms with E-state index < -0.39 is 0 Å². The Labute approximate surface area is 125 Å². The van der Waals surface area contributed by atoms with E-state index in [1.165, 1.54) is 0 Å². The summed E-state index contributed by atoms with van der Waals surface area (Å²) in [5.74, 6) is 1.40. The first-order valence-corrected chi connectivity index (χ1v) is 7.40. The predicted molar refractivity (Wildman–Crippen MR) is 83.9 cm³/mol. The van der Waals surface area contributed by atoms with Crippen molar-refractivity contribution in [1.29, 1.82) is 0 Å². The van der Waals surface area contributed by atoms with Crippen LogP contribution in [0, 0.1) is 11.8 Å². The lowest BCUT2D eigenvalue weighted by Gasteiger charge is -2.15. The first kappa shape index (κ1) is 15.1. The number of anilines is 2. The van der Waals surface area contributed by atoms with Crippen LogP contribution in [0.3, 0.4) is 0 Å². The highest BCUT2D eigenvalue weighted by Gasteiger charge is 2.25. The molecular formula is C15H22ClN3O. The van der Waals surface area contributed by atoms with E-state index in [0.29, 0.717) is 34.7 Å². The predicted octanol–water partition coefficient (Wildman–Crippen LogP) is 2.84. The third-order valence-electron chi connectivity index (χ3n) is 4.01. The van der Waals surface area contributed by atoms with Crippen LogP contribution in [0.1, 0.15) is 20.3 Å². The molecule has 0 bridgehead atoms. The topological polar surface area (TPSA) is 58.4 Å². The zero-order valence-electron chi connectivity index (χ0n) is 12.0. The zero-order valence-corrected chi connectivity index (χ0v) is 12.8. The number of benzene rings is 1. The zero-order chi connectivity index (χ0) is 14.7. The van der Waals surface area contributed by atoms with Crippen LogP contribution >= 0.6 is 11.6 Å². The van der Waals surface area contributed by atoms with Gasteiger partial charge in [-0.1, -0.05) is 25.4 Å². The molecule has 1 saturated heterocycles. The highest BCUT2D eigenvalue weighted by molar-refractivity contribution is 6.31. The normalized spacial score (nSPS) is 22.9. The lowest BCUT2D eigenvalue weighted by Crippen LogP contribution is -2.26. The Morgan fingerprint density at radius 1 is 1.40 bits per heavy atom. The number of nitrogens with two attached hydrogens (primary N) is 1. The van der Waals surface area contributed by atoms with Gasteiger partial charge < -0.3 is 16.0 Å². The molecule has 5 heteroatoms. The standard InChI is InChI=1S/C15H22ClN3O/c1-10-8-19(9-11(10)2)6-5-15(20)18-14-7-12(16)3-4-13(14)17/h3-4,7,10-11H,5-6,8-9,17H2,1-2H3,(H,18,20). The minimum absolute atomic E-state index is 0.0221. The van der Waals surface area contributed by atoms with Crippen LogP contribution in [-0.4, -0.2) is 30.4 Å². The number of halogens is 1. The number of nitrogens with one attached hydrogen (secondary N) is 1. The van der Waals surface area contributed by atoms with Gasteiger partial charge in [0.15, 0.2) is 0 Å². The van der Waals surface area contributed by atoms with Crippen LogP contribution in [0.25, 0.3) is 0 Å². The van der Waals surface area contributed by atoms with Crippen LogP contribution in [0.4, 0.5) is 11.4 Å². The number of amides is 1. The SMILES string of the molecule is CC1CN(CCC(=O)Nc2cc(Cl)ccc2N)CC1C. The third kappa shape index (κ3) is 3.87. The highest BCUT2D eigenvalue weighted by atomic mass is 35.5. The molecular weight excluding hydrogens is 274 g/mol. The lowest BCUT2D eigenvalue weighted by atomic mass is 10.0. The molecule has 0 radical (unpaired) electrons. The van der Waals surface area contributed by atoms with Crippen molar-refractivity contribution >= 4 is 28.9 Å². The van der Waals surface area contributed by atoms with Crippen LogP contribution in [0.15, 0.2) is 18.2 Å². The summed E-state index contributed by atoms with van der Waals surface area (Å²) in [4.78, 5) is 14.3. The van der Waals surface area contributed by atoms with Crippen LogP contribution in [0.5, 0.6) is 0 Å². The van der Waals surface area contributed by atoms with E-state index in [0.717, 1.165) is 19.6 Å². The molecule has 110 valence electrons. The molecule has 3 N–H and O–H groups in total. The average Bonchev–Trinajstić information content (AvgIpc) is 2.71. The Kier molecular flexibility index (Phi) is 4.89. The number of rotatable bonds is 4. The van der Waals surface area contributed by atoms with E-state index in [4.69, 9.17) is 17.3 Å². The maximum absolute atomic E-state index is 12.0. The lowest BCUT2D eigenvalue weighted by molar-refractivity contribution is -0.116. The van der Waals surface area contributed by atoms with Crippen molar-refractivity contribution < 1.29 is 4.79 Å². The molecule has 1 aromatic carbocycles. The molecule has 1 aliphatic heterocycles. The maximum atomic E-state index is 12.0. The minimum Gasteiger partial charge on any atom is -0.397 e. The van der Waals surface area contributed by atoms with Gasteiger partial charge >= 0.3 is 0 Å². The fraction of sp³-hybridized carbons (Fsp3) is 0.533. The Morgan fingerprint density at radius 3 is 2.70 bits per heavy atom. The molecule has 2 unspecified atom stereocenters. The number of nitrogen functional groups attached to an aromatic ring is 1. The fourth-order valence-electron chi connectivity index (χ4n) is 2.54. The number of hydrogen-bond donors (Lipinski definition) is 2. The first-order valence-electron chi connectivity index (χ1n) is 7.03. The molecule has 0 saturated carbocycles. The number of carbonyl (C=O) groups excluding carboxylic acids is 1. The Balaban J connectivity index is 1.82. The van der Waals surface area contributed by atoms with E-state index in [9.17, 15) is 4.79 Å². The number of nitrogens with zero attached hydrogens (tertiary/aromatic N) is 1. The van der Waals surface area contributed by atoms with Crippen LogP contribution in [0.2, 0.25) is 5.02 Å². The van der Waals surface area contributed by atoms with E-state index >= 15 is 0 Å². The first-order chi connectivity index (χ1) is 9.45. The van der Waals surface area contributed by atoms with Gasteiger partial charge in [0.2, 0.25) is 5.91 Å². The molecule has 0 aliphatic carbocycles. The molecule has 20 heavy (non-hydrogen) atoms. The van der Waals surface area contributed by atoms with Crippen LogP contribution < -0.4 is 11.1 Å².